The molecule has 6 aromatic heterocycles. The highest BCUT2D eigenvalue weighted by Crippen LogP contribution is 2.47. The number of hydrogen-bond acceptors (Lipinski definition) is 12. The highest BCUT2D eigenvalue weighted by atomic mass is 79.9. The van der Waals surface area contributed by atoms with Gasteiger partial charge in [-0.2, -0.15) is 0 Å². The van der Waals surface area contributed by atoms with Gasteiger partial charge in [0.05, 0.1) is 51.2 Å². The van der Waals surface area contributed by atoms with Crippen molar-refractivity contribution < 1.29 is 0 Å². The van der Waals surface area contributed by atoms with Crippen molar-refractivity contribution in [1.82, 2.24) is 39.7 Å². The topological polar surface area (TPSA) is 110 Å². The molecule has 2 N–H and O–H groups in total. The number of fused-ring (bicyclic) bond motifs is 3. The van der Waals surface area contributed by atoms with Crippen molar-refractivity contribution in [3.05, 3.63) is 140 Å². The van der Waals surface area contributed by atoms with Crippen LogP contribution < -0.4 is 5.73 Å². The van der Waals surface area contributed by atoms with Gasteiger partial charge in [0.25, 0.3) is 0 Å². The molecule has 58 heavy (non-hydrogen) atoms. The average molecular weight is 1010 g/mol. The number of likely N-dealkylation sites (N-methyl/N-ethyl adjacent to an activating group) is 1. The van der Waals surface area contributed by atoms with Gasteiger partial charge in [0.1, 0.15) is 5.82 Å². The van der Waals surface area contributed by atoms with Crippen LogP contribution in [-0.2, 0) is 5.54 Å². The number of halogens is 3. The van der Waals surface area contributed by atoms with Crippen molar-refractivity contribution in [3.8, 4) is 31.7 Å². The Balaban J connectivity index is 1.23. The second-order valence-corrected chi connectivity index (χ2v) is 20.0. The lowest BCUT2D eigenvalue weighted by Gasteiger charge is -2.47. The molecule has 1 fully saturated rings. The molecule has 7 heterocycles. The molecule has 0 aliphatic carbocycles. The van der Waals surface area contributed by atoms with Crippen LogP contribution in [-0.4, -0.2) is 72.9 Å². The lowest BCUT2D eigenvalue weighted by atomic mass is 9.84. The second kappa shape index (κ2) is 15.6. The van der Waals surface area contributed by atoms with Gasteiger partial charge in [-0.1, -0.05) is 54.6 Å². The van der Waals surface area contributed by atoms with E-state index in [0.29, 0.717) is 30.6 Å². The number of hydrogen-bond donors (Lipinski definition) is 1. The molecular formula is C43H32Br3N9S3. The van der Waals surface area contributed by atoms with Gasteiger partial charge in [-0.15, -0.1) is 34.0 Å². The number of rotatable bonds is 8. The molecule has 1 aliphatic rings. The first-order valence-electron chi connectivity index (χ1n) is 18.5. The molecule has 0 amide bonds. The maximum absolute atomic E-state index is 7.78. The van der Waals surface area contributed by atoms with Gasteiger partial charge in [0, 0.05) is 58.9 Å². The van der Waals surface area contributed by atoms with E-state index in [2.05, 4.69) is 156 Å². The van der Waals surface area contributed by atoms with Crippen LogP contribution in [0.15, 0.2) is 123 Å². The summed E-state index contributed by atoms with van der Waals surface area (Å²) in [6.07, 6.45) is 5.46. The largest absolute Gasteiger partial charge is 0.319 e. The van der Waals surface area contributed by atoms with Gasteiger partial charge in [-0.05, 0) is 107 Å². The first-order valence-corrected chi connectivity index (χ1v) is 23.3. The van der Waals surface area contributed by atoms with E-state index in [1.165, 1.54) is 14.1 Å². The van der Waals surface area contributed by atoms with Crippen LogP contribution in [0.4, 0.5) is 0 Å². The molecule has 1 aliphatic heterocycles. The predicted molar refractivity (Wildman–Crippen MR) is 248 cm³/mol. The van der Waals surface area contributed by atoms with Gasteiger partial charge >= 0.3 is 0 Å². The fraction of sp³-hybridized carbons (Fsp3) is 0.163. The molecule has 1 atom stereocenters. The zero-order chi connectivity index (χ0) is 39.5. The number of aromatic nitrogens is 6. The van der Waals surface area contributed by atoms with Gasteiger partial charge in [0.15, 0.2) is 17.2 Å². The standard InChI is InChI=1S/C43H32Br3N9S3/c1-54-14-16-55(17-15-54)43(41-49-22-28(45)37(52-41)34-19-25-9-3-6-12-31(25)57-34,42-50-23-29(46)38(53-42)35-20-26-10-4-7-13-32(26)58-35)39(47)40-48-21-27(44)36(51-40)33-18-24-8-2-5-11-30(24)56-33/h2-13,18-23,39H,14-17,47H2,1H3. The maximum atomic E-state index is 7.78. The van der Waals surface area contributed by atoms with E-state index < -0.39 is 11.6 Å². The average Bonchev–Trinajstić information content (AvgIpc) is 4.00. The van der Waals surface area contributed by atoms with Gasteiger partial charge in [-0.3, -0.25) is 4.90 Å². The molecular weight excluding hydrogens is 978 g/mol. The van der Waals surface area contributed by atoms with E-state index in [4.69, 9.17) is 35.6 Å². The molecule has 9 nitrogen and oxygen atoms in total. The molecule has 0 spiro atoms. The summed E-state index contributed by atoms with van der Waals surface area (Å²) in [6, 6.07) is 30.7. The van der Waals surface area contributed by atoms with E-state index in [9.17, 15) is 0 Å². The fourth-order valence-electron chi connectivity index (χ4n) is 7.65. The number of thiophene rings is 3. The molecule has 9 aromatic rings. The summed E-state index contributed by atoms with van der Waals surface area (Å²) >= 11 is 16.5. The van der Waals surface area contributed by atoms with Crippen LogP contribution in [0, 0.1) is 0 Å². The Bertz CT molecular complexity index is 2770. The molecule has 10 rings (SSSR count). The van der Waals surface area contributed by atoms with Crippen LogP contribution in [0.25, 0.3) is 62.0 Å². The van der Waals surface area contributed by atoms with Crippen molar-refractivity contribution in [1.29, 1.82) is 0 Å². The van der Waals surface area contributed by atoms with E-state index in [1.807, 2.05) is 12.4 Å². The zero-order valence-corrected chi connectivity index (χ0v) is 38.0. The van der Waals surface area contributed by atoms with Gasteiger partial charge in [-0.25, -0.2) is 29.9 Å². The molecule has 0 saturated carbocycles. The summed E-state index contributed by atoms with van der Waals surface area (Å²) in [5.74, 6) is 1.37. The van der Waals surface area contributed by atoms with E-state index in [1.54, 1.807) is 40.2 Å². The monoisotopic (exact) mass is 1010 g/mol. The summed E-state index contributed by atoms with van der Waals surface area (Å²) in [6.45, 7) is 2.89. The molecule has 3 aromatic carbocycles. The smallest absolute Gasteiger partial charge is 0.164 e. The fourth-order valence-corrected chi connectivity index (χ4v) is 12.5. The third kappa shape index (κ3) is 6.74. The van der Waals surface area contributed by atoms with Crippen LogP contribution >= 0.6 is 81.8 Å². The minimum atomic E-state index is -1.31. The Labute approximate surface area is 371 Å². The molecule has 0 bridgehead atoms. The first-order chi connectivity index (χ1) is 28.3. The number of nitrogens with two attached hydrogens (primary N) is 1. The second-order valence-electron chi connectivity index (χ2n) is 14.2. The van der Waals surface area contributed by atoms with Crippen LogP contribution in [0.2, 0.25) is 0 Å². The molecule has 288 valence electrons. The number of piperazine rings is 1. The predicted octanol–water partition coefficient (Wildman–Crippen LogP) is 11.2. The van der Waals surface area contributed by atoms with Crippen molar-refractivity contribution in [2.24, 2.45) is 5.73 Å². The minimum absolute atomic E-state index is 0.430. The van der Waals surface area contributed by atoms with Crippen molar-refractivity contribution in [2.45, 2.75) is 11.6 Å². The Morgan fingerprint density at radius 3 is 1.40 bits per heavy atom. The third-order valence-electron chi connectivity index (χ3n) is 10.6. The van der Waals surface area contributed by atoms with Crippen molar-refractivity contribution >= 4 is 112 Å². The SMILES string of the molecule is CN1CCN(C(c2ncc(Br)c(-c3cc4ccccc4s3)n2)(c2ncc(Br)c(-c3cc4ccccc4s3)n2)C(N)c2ncc(Br)c(-c3cc4ccccc4s3)n2)CC1. The Hall–Kier alpha value is -3.90. The van der Waals surface area contributed by atoms with E-state index in [0.717, 1.165) is 74.4 Å². The minimum Gasteiger partial charge on any atom is -0.319 e. The Morgan fingerprint density at radius 2 is 0.966 bits per heavy atom. The summed E-state index contributed by atoms with van der Waals surface area (Å²) in [4.78, 5) is 39.2. The highest BCUT2D eigenvalue weighted by molar-refractivity contribution is 9.11. The number of benzene rings is 3. The van der Waals surface area contributed by atoms with E-state index in [-0.39, 0.29) is 0 Å². The lowest BCUT2D eigenvalue weighted by Crippen LogP contribution is -2.61. The number of nitrogens with zero attached hydrogens (tertiary/aromatic N) is 8. The Kier molecular flexibility index (Phi) is 10.3. The first kappa shape index (κ1) is 38.3. The summed E-state index contributed by atoms with van der Waals surface area (Å²) in [7, 11) is 2.14. The van der Waals surface area contributed by atoms with E-state index >= 15 is 0 Å². The summed E-state index contributed by atoms with van der Waals surface area (Å²) < 4.78 is 5.85. The van der Waals surface area contributed by atoms with Crippen LogP contribution in [0.3, 0.4) is 0 Å². The van der Waals surface area contributed by atoms with Gasteiger partial charge in [0.2, 0.25) is 0 Å². The highest BCUT2D eigenvalue weighted by Gasteiger charge is 2.53. The van der Waals surface area contributed by atoms with Crippen LogP contribution in [0.5, 0.6) is 0 Å². The Morgan fingerprint density at radius 1 is 0.569 bits per heavy atom. The van der Waals surface area contributed by atoms with Gasteiger partial charge < -0.3 is 10.6 Å². The maximum Gasteiger partial charge on any atom is 0.164 e. The zero-order valence-electron chi connectivity index (χ0n) is 30.8. The quantitative estimate of drug-likeness (QED) is 0.159. The molecule has 1 unspecified atom stereocenters. The summed E-state index contributed by atoms with van der Waals surface area (Å²) in [5, 5.41) is 3.45. The van der Waals surface area contributed by atoms with Crippen molar-refractivity contribution in [3.63, 3.8) is 0 Å². The molecule has 0 radical (unpaired) electrons. The lowest BCUT2D eigenvalue weighted by molar-refractivity contribution is 0.0317. The normalized spacial score (nSPS) is 14.8. The van der Waals surface area contributed by atoms with Crippen molar-refractivity contribution in [2.75, 3.05) is 33.2 Å². The summed E-state index contributed by atoms with van der Waals surface area (Å²) in [5.41, 5.74) is 8.76. The third-order valence-corrected chi connectivity index (χ3v) is 15.7. The molecule has 1 saturated heterocycles. The molecule has 15 heteroatoms. The van der Waals surface area contributed by atoms with Crippen LogP contribution in [0.1, 0.15) is 23.5 Å².